The summed E-state index contributed by atoms with van der Waals surface area (Å²) in [5.74, 6) is -0.104. The summed E-state index contributed by atoms with van der Waals surface area (Å²) in [6.45, 7) is 2.17. The van der Waals surface area contributed by atoms with Crippen molar-refractivity contribution in [3.05, 3.63) is 17.4 Å². The molecule has 3 aliphatic rings. The molecule has 1 unspecified atom stereocenters. The molecule has 1 spiro atoms. The van der Waals surface area contributed by atoms with Gasteiger partial charge in [0.1, 0.15) is 17.4 Å². The number of nitrogens with zero attached hydrogens (tertiary/aromatic N) is 5. The molecule has 0 N–H and O–H groups in total. The highest BCUT2D eigenvalue weighted by Crippen LogP contribution is 2.46. The molecule has 3 saturated heterocycles. The van der Waals surface area contributed by atoms with E-state index in [4.69, 9.17) is 16.3 Å². The van der Waals surface area contributed by atoms with Crippen molar-refractivity contribution in [2.75, 3.05) is 46.8 Å². The molecular weight excluding hydrogens is 394 g/mol. The van der Waals surface area contributed by atoms with Crippen LogP contribution in [-0.2, 0) is 26.1 Å². The second kappa shape index (κ2) is 6.70. The standard InChI is InChI=1S/C16H24ClN5O4S/c1-19(2)3-4-22-11-16-10-20(15(23)9-21-7-12(17)6-18-21)8-13(26-16)5-14(16)27(22,24)25/h6-7,13-14H,3-5,8-11H2,1-2H3/t13-,14+,16?/m1/s1. The van der Waals surface area contributed by atoms with Gasteiger partial charge in [0, 0.05) is 32.4 Å². The highest BCUT2D eigenvalue weighted by atomic mass is 35.5. The van der Waals surface area contributed by atoms with Gasteiger partial charge in [-0.1, -0.05) is 11.6 Å². The lowest BCUT2D eigenvalue weighted by molar-refractivity contribution is -0.151. The number of carbonyl (C=O) groups excluding carboxylic acids is 1. The molecule has 1 aromatic heterocycles. The maximum Gasteiger partial charge on any atom is 0.244 e. The summed E-state index contributed by atoms with van der Waals surface area (Å²) in [6, 6.07) is 0. The van der Waals surface area contributed by atoms with E-state index in [0.717, 1.165) is 0 Å². The minimum atomic E-state index is -3.42. The van der Waals surface area contributed by atoms with Crippen molar-refractivity contribution >= 4 is 27.5 Å². The largest absolute Gasteiger partial charge is 0.365 e. The zero-order valence-corrected chi connectivity index (χ0v) is 17.0. The van der Waals surface area contributed by atoms with Crippen LogP contribution in [0.1, 0.15) is 6.42 Å². The first kappa shape index (κ1) is 19.1. The van der Waals surface area contributed by atoms with Crippen LogP contribution in [0.5, 0.6) is 0 Å². The van der Waals surface area contributed by atoms with Gasteiger partial charge in [-0.3, -0.25) is 9.48 Å². The number of ether oxygens (including phenoxy) is 1. The first-order valence-corrected chi connectivity index (χ1v) is 10.8. The van der Waals surface area contributed by atoms with Gasteiger partial charge in [-0.15, -0.1) is 0 Å². The zero-order valence-electron chi connectivity index (χ0n) is 15.4. The fourth-order valence-electron chi connectivity index (χ4n) is 4.32. The van der Waals surface area contributed by atoms with E-state index in [0.29, 0.717) is 44.2 Å². The van der Waals surface area contributed by atoms with E-state index in [2.05, 4.69) is 5.10 Å². The Labute approximate surface area is 163 Å². The lowest BCUT2D eigenvalue weighted by Gasteiger charge is -2.39. The van der Waals surface area contributed by atoms with E-state index in [-0.39, 0.29) is 18.6 Å². The van der Waals surface area contributed by atoms with Gasteiger partial charge in [0.2, 0.25) is 15.9 Å². The molecule has 1 aromatic rings. The van der Waals surface area contributed by atoms with Crippen molar-refractivity contribution in [1.29, 1.82) is 0 Å². The maximum atomic E-state index is 13.0. The smallest absolute Gasteiger partial charge is 0.244 e. The van der Waals surface area contributed by atoms with Crippen LogP contribution in [-0.4, -0.2) is 102 Å². The van der Waals surface area contributed by atoms with Crippen LogP contribution in [0.2, 0.25) is 5.02 Å². The van der Waals surface area contributed by atoms with Gasteiger partial charge >= 0.3 is 0 Å². The SMILES string of the molecule is CN(C)CCN1CC23CN(C(=O)Cn4cc(Cl)cn4)C[C@@H](C[C@@H]2S1(=O)=O)O3. The number of morpholine rings is 1. The topological polar surface area (TPSA) is 88.0 Å². The average Bonchev–Trinajstić information content (AvgIpc) is 3.16. The van der Waals surface area contributed by atoms with Crippen molar-refractivity contribution in [1.82, 2.24) is 23.9 Å². The third-order valence-electron chi connectivity index (χ3n) is 5.56. The van der Waals surface area contributed by atoms with Gasteiger partial charge in [0.05, 0.1) is 23.9 Å². The van der Waals surface area contributed by atoms with Crippen LogP contribution in [0.3, 0.4) is 0 Å². The molecule has 11 heteroatoms. The minimum Gasteiger partial charge on any atom is -0.365 e. The van der Waals surface area contributed by atoms with Crippen molar-refractivity contribution < 1.29 is 17.9 Å². The number of hydrogen-bond donors (Lipinski definition) is 0. The van der Waals surface area contributed by atoms with E-state index >= 15 is 0 Å². The number of likely N-dealkylation sites (N-methyl/N-ethyl adjacent to an activating group) is 1. The number of rotatable bonds is 5. The number of aromatic nitrogens is 2. The second-order valence-electron chi connectivity index (χ2n) is 7.84. The Morgan fingerprint density at radius 1 is 1.44 bits per heavy atom. The van der Waals surface area contributed by atoms with Crippen LogP contribution in [0, 0.1) is 0 Å². The molecule has 4 heterocycles. The molecule has 0 aliphatic carbocycles. The molecule has 3 fully saturated rings. The number of fused-ring (bicyclic) bond motifs is 1. The lowest BCUT2D eigenvalue weighted by Crippen LogP contribution is -2.57. The Hall–Kier alpha value is -1.20. The van der Waals surface area contributed by atoms with Crippen LogP contribution in [0.4, 0.5) is 0 Å². The number of hydrogen-bond acceptors (Lipinski definition) is 6. The van der Waals surface area contributed by atoms with Crippen LogP contribution >= 0.6 is 11.6 Å². The van der Waals surface area contributed by atoms with Crippen LogP contribution in [0.25, 0.3) is 0 Å². The molecule has 150 valence electrons. The number of carbonyl (C=O) groups is 1. The van der Waals surface area contributed by atoms with Crippen molar-refractivity contribution in [3.8, 4) is 0 Å². The third-order valence-corrected chi connectivity index (χ3v) is 8.13. The molecule has 0 aromatic carbocycles. The Kier molecular flexibility index (Phi) is 4.75. The predicted octanol–water partition coefficient (Wildman–Crippen LogP) is -0.518. The fraction of sp³-hybridized carbons (Fsp3) is 0.750. The van der Waals surface area contributed by atoms with Gasteiger partial charge in [-0.2, -0.15) is 9.40 Å². The maximum absolute atomic E-state index is 13.0. The molecule has 0 saturated carbocycles. The molecular formula is C16H24ClN5O4S. The molecule has 9 nitrogen and oxygen atoms in total. The number of halogens is 1. The molecule has 2 bridgehead atoms. The molecule has 4 rings (SSSR count). The van der Waals surface area contributed by atoms with Crippen molar-refractivity contribution in [3.63, 3.8) is 0 Å². The molecule has 3 atom stereocenters. The highest BCUT2D eigenvalue weighted by molar-refractivity contribution is 7.90. The first-order valence-electron chi connectivity index (χ1n) is 8.97. The Morgan fingerprint density at radius 2 is 2.22 bits per heavy atom. The summed E-state index contributed by atoms with van der Waals surface area (Å²) in [5.41, 5.74) is -0.828. The van der Waals surface area contributed by atoms with Gasteiger partial charge in [-0.25, -0.2) is 8.42 Å². The second-order valence-corrected chi connectivity index (χ2v) is 10.4. The van der Waals surface area contributed by atoms with Crippen molar-refractivity contribution in [2.24, 2.45) is 0 Å². The van der Waals surface area contributed by atoms with E-state index in [1.54, 1.807) is 11.1 Å². The first-order chi connectivity index (χ1) is 12.7. The van der Waals surface area contributed by atoms with Crippen LogP contribution < -0.4 is 0 Å². The molecule has 27 heavy (non-hydrogen) atoms. The number of sulfonamides is 1. The highest BCUT2D eigenvalue weighted by Gasteiger charge is 2.65. The van der Waals surface area contributed by atoms with Gasteiger partial charge in [-0.05, 0) is 20.5 Å². The Morgan fingerprint density at radius 3 is 2.89 bits per heavy atom. The summed E-state index contributed by atoms with van der Waals surface area (Å²) in [5, 5.41) is 3.94. The lowest BCUT2D eigenvalue weighted by atomic mass is 9.99. The summed E-state index contributed by atoms with van der Waals surface area (Å²) < 4.78 is 35.1. The van der Waals surface area contributed by atoms with E-state index in [1.165, 1.54) is 15.2 Å². The quantitative estimate of drug-likeness (QED) is 0.640. The predicted molar refractivity (Wildman–Crippen MR) is 98.9 cm³/mol. The summed E-state index contributed by atoms with van der Waals surface area (Å²) in [6.07, 6.45) is 3.29. The van der Waals surface area contributed by atoms with Gasteiger partial charge < -0.3 is 14.5 Å². The summed E-state index contributed by atoms with van der Waals surface area (Å²) >= 11 is 5.85. The van der Waals surface area contributed by atoms with Crippen molar-refractivity contribution in [2.45, 2.75) is 29.9 Å². The number of amides is 1. The monoisotopic (exact) mass is 417 g/mol. The fourth-order valence-corrected chi connectivity index (χ4v) is 6.77. The third kappa shape index (κ3) is 3.38. The summed E-state index contributed by atoms with van der Waals surface area (Å²) in [7, 11) is 0.407. The zero-order chi connectivity index (χ0) is 19.4. The summed E-state index contributed by atoms with van der Waals surface area (Å²) in [4.78, 5) is 16.4. The average molecular weight is 418 g/mol. The normalized spacial score (nSPS) is 32.2. The Balaban J connectivity index is 1.50. The van der Waals surface area contributed by atoms with E-state index in [9.17, 15) is 13.2 Å². The molecule has 3 aliphatic heterocycles. The minimum absolute atomic E-state index is 0.0806. The van der Waals surface area contributed by atoms with E-state index in [1.807, 2.05) is 19.0 Å². The van der Waals surface area contributed by atoms with E-state index < -0.39 is 20.9 Å². The molecule has 1 amide bonds. The van der Waals surface area contributed by atoms with Gasteiger partial charge in [0.25, 0.3) is 0 Å². The Bertz CT molecular complexity index is 844. The van der Waals surface area contributed by atoms with Gasteiger partial charge in [0.15, 0.2) is 0 Å². The van der Waals surface area contributed by atoms with Crippen LogP contribution in [0.15, 0.2) is 12.4 Å². The molecule has 0 radical (unpaired) electrons. The number of likely N-dealkylation sites (tertiary alicyclic amines) is 1.